The third-order valence-corrected chi connectivity index (χ3v) is 3.55. The average molecular weight is 262 g/mol. The molecule has 0 spiro atoms. The van der Waals surface area contributed by atoms with Gasteiger partial charge in [0.05, 0.1) is 0 Å². The summed E-state index contributed by atoms with van der Waals surface area (Å²) >= 11 is 0. The van der Waals surface area contributed by atoms with Crippen LogP contribution in [0.5, 0.6) is 0 Å². The monoisotopic (exact) mass is 262 g/mol. The topological polar surface area (TPSA) is 86.7 Å². The quantitative estimate of drug-likeness (QED) is 0.683. The summed E-state index contributed by atoms with van der Waals surface area (Å²) < 4.78 is 10.8. The van der Waals surface area contributed by atoms with Gasteiger partial charge in [0.15, 0.2) is 0 Å². The van der Waals surface area contributed by atoms with Crippen LogP contribution in [-0.2, 0) is 15.6 Å². The van der Waals surface area contributed by atoms with Gasteiger partial charge in [-0.25, -0.2) is 9.59 Å². The highest BCUT2D eigenvalue weighted by Crippen LogP contribution is 2.17. The van der Waals surface area contributed by atoms with Gasteiger partial charge < -0.3 is 15.3 Å². The molecule has 0 saturated carbocycles. The summed E-state index contributed by atoms with van der Waals surface area (Å²) in [6, 6.07) is -1.04. The summed E-state index contributed by atoms with van der Waals surface area (Å²) in [5.41, 5.74) is 0. The van der Waals surface area contributed by atoms with Crippen molar-refractivity contribution < 1.29 is 18.9 Å². The minimum Gasteiger partial charge on any atom is -0.480 e. The number of aliphatic carboxylic acids is 1. The van der Waals surface area contributed by atoms with Crippen LogP contribution in [0.15, 0.2) is 0 Å². The highest BCUT2D eigenvalue weighted by Gasteiger charge is 2.33. The summed E-state index contributed by atoms with van der Waals surface area (Å²) in [7, 11) is -0.856. The second-order valence-electron chi connectivity index (χ2n) is 4.05. The maximum Gasteiger partial charge on any atom is 0.326 e. The Morgan fingerprint density at radius 1 is 1.53 bits per heavy atom. The molecule has 0 aromatic carbocycles. The first-order chi connectivity index (χ1) is 8.02. The van der Waals surface area contributed by atoms with E-state index in [1.807, 2.05) is 0 Å². The lowest BCUT2D eigenvalue weighted by atomic mass is 10.2. The molecule has 0 aliphatic carbocycles. The molecule has 0 aromatic heterocycles. The molecule has 2 amide bonds. The van der Waals surface area contributed by atoms with Gasteiger partial charge in [0.25, 0.3) is 0 Å². The Hall–Kier alpha value is -1.11. The summed E-state index contributed by atoms with van der Waals surface area (Å²) in [4.78, 5) is 23.9. The lowest BCUT2D eigenvalue weighted by Gasteiger charge is -2.21. The predicted octanol–water partition coefficient (Wildman–Crippen LogP) is 0.0136. The second-order valence-corrected chi connectivity index (χ2v) is 5.61. The van der Waals surface area contributed by atoms with Crippen molar-refractivity contribution in [1.82, 2.24) is 10.2 Å². The molecule has 0 radical (unpaired) electrons. The van der Waals surface area contributed by atoms with E-state index < -0.39 is 22.8 Å². The summed E-state index contributed by atoms with van der Waals surface area (Å²) in [5.74, 6) is -0.407. The van der Waals surface area contributed by atoms with Crippen molar-refractivity contribution in [2.24, 2.45) is 0 Å². The van der Waals surface area contributed by atoms with E-state index in [-0.39, 0.29) is 6.03 Å². The lowest BCUT2D eigenvalue weighted by Crippen LogP contribution is -2.46. The minimum atomic E-state index is -0.952. The van der Waals surface area contributed by atoms with E-state index in [0.29, 0.717) is 31.7 Å². The molecule has 1 rings (SSSR count). The largest absolute Gasteiger partial charge is 0.480 e. The van der Waals surface area contributed by atoms with Crippen LogP contribution in [-0.4, -0.2) is 57.4 Å². The standard InChI is InChI=1S/C10H18N2O4S/c1-17(16)7-3-5-11-10(15)12-6-2-4-8(12)9(13)14/h8H,2-7H2,1H3,(H,11,15)(H,13,14)/t8-,17?/m1/s1. The molecule has 1 heterocycles. The fourth-order valence-electron chi connectivity index (χ4n) is 1.84. The van der Waals surface area contributed by atoms with Crippen molar-refractivity contribution in [2.45, 2.75) is 25.3 Å². The van der Waals surface area contributed by atoms with E-state index in [1.54, 1.807) is 6.26 Å². The lowest BCUT2D eigenvalue weighted by molar-refractivity contribution is -0.141. The maximum atomic E-state index is 11.7. The van der Waals surface area contributed by atoms with Gasteiger partial charge in [-0.3, -0.25) is 4.21 Å². The van der Waals surface area contributed by atoms with E-state index in [4.69, 9.17) is 5.11 Å². The van der Waals surface area contributed by atoms with E-state index in [9.17, 15) is 13.8 Å². The molecule has 0 aromatic rings. The minimum absolute atomic E-state index is 0.336. The molecular formula is C10H18N2O4S. The summed E-state index contributed by atoms with van der Waals surface area (Å²) in [6.07, 6.45) is 3.49. The maximum absolute atomic E-state index is 11.7. The molecule has 1 saturated heterocycles. The third-order valence-electron chi connectivity index (χ3n) is 2.68. The first kappa shape index (κ1) is 14.0. The van der Waals surface area contributed by atoms with Gasteiger partial charge in [-0.05, 0) is 19.3 Å². The zero-order valence-electron chi connectivity index (χ0n) is 9.85. The molecule has 1 aliphatic heterocycles. The van der Waals surface area contributed by atoms with Crippen molar-refractivity contribution in [3.05, 3.63) is 0 Å². The third kappa shape index (κ3) is 4.33. The van der Waals surface area contributed by atoms with Crippen LogP contribution >= 0.6 is 0 Å². The van der Waals surface area contributed by atoms with Crippen molar-refractivity contribution in [3.8, 4) is 0 Å². The number of nitrogens with zero attached hydrogens (tertiary/aromatic N) is 1. The molecule has 7 heteroatoms. The molecule has 6 nitrogen and oxygen atoms in total. The van der Waals surface area contributed by atoms with E-state index in [1.165, 1.54) is 4.90 Å². The van der Waals surface area contributed by atoms with Crippen LogP contribution in [0.3, 0.4) is 0 Å². The average Bonchev–Trinajstić information content (AvgIpc) is 2.72. The molecule has 0 bridgehead atoms. The number of carbonyl (C=O) groups excluding carboxylic acids is 1. The van der Waals surface area contributed by atoms with Gasteiger partial charge >= 0.3 is 12.0 Å². The number of nitrogens with one attached hydrogen (secondary N) is 1. The second kappa shape index (κ2) is 6.58. The van der Waals surface area contributed by atoms with Crippen LogP contribution in [0, 0.1) is 0 Å². The molecule has 1 fully saturated rings. The fourth-order valence-corrected chi connectivity index (χ4v) is 2.39. The molecule has 1 aliphatic rings. The number of hydrogen-bond acceptors (Lipinski definition) is 3. The molecule has 2 N–H and O–H groups in total. The van der Waals surface area contributed by atoms with Crippen molar-refractivity contribution in [2.75, 3.05) is 25.1 Å². The Labute approximate surface area is 103 Å². The summed E-state index contributed by atoms with van der Waals surface area (Å²) in [5, 5.41) is 11.6. The van der Waals surface area contributed by atoms with Crippen molar-refractivity contribution in [1.29, 1.82) is 0 Å². The first-order valence-corrected chi connectivity index (χ1v) is 7.32. The van der Waals surface area contributed by atoms with Crippen LogP contribution in [0.2, 0.25) is 0 Å². The normalized spacial score (nSPS) is 21.2. The predicted molar refractivity (Wildman–Crippen MR) is 64.3 cm³/mol. The van der Waals surface area contributed by atoms with Crippen molar-refractivity contribution in [3.63, 3.8) is 0 Å². The SMILES string of the molecule is CS(=O)CCCNC(=O)N1CCC[C@@H]1C(=O)O. The Balaban J connectivity index is 2.32. The van der Waals surface area contributed by atoms with Crippen LogP contribution < -0.4 is 5.32 Å². The number of carboxylic acids is 1. The van der Waals surface area contributed by atoms with E-state index >= 15 is 0 Å². The van der Waals surface area contributed by atoms with Gasteiger partial charge in [-0.2, -0.15) is 0 Å². The van der Waals surface area contributed by atoms with Crippen LogP contribution in [0.25, 0.3) is 0 Å². The number of rotatable bonds is 5. The first-order valence-electron chi connectivity index (χ1n) is 5.59. The van der Waals surface area contributed by atoms with Crippen LogP contribution in [0.4, 0.5) is 4.79 Å². The Morgan fingerprint density at radius 2 is 2.24 bits per heavy atom. The molecule has 98 valence electrons. The smallest absolute Gasteiger partial charge is 0.326 e. The number of carbonyl (C=O) groups is 2. The van der Waals surface area contributed by atoms with Gasteiger partial charge in [-0.15, -0.1) is 0 Å². The number of amides is 2. The molecule has 1 unspecified atom stereocenters. The Bertz CT molecular complexity index is 321. The number of likely N-dealkylation sites (tertiary alicyclic amines) is 1. The highest BCUT2D eigenvalue weighted by molar-refractivity contribution is 7.84. The van der Waals surface area contributed by atoms with Gasteiger partial charge in [0.1, 0.15) is 6.04 Å². The zero-order valence-corrected chi connectivity index (χ0v) is 10.7. The highest BCUT2D eigenvalue weighted by atomic mass is 32.2. The molecule has 17 heavy (non-hydrogen) atoms. The van der Waals surface area contributed by atoms with Gasteiger partial charge in [0.2, 0.25) is 0 Å². The molecule has 2 atom stereocenters. The van der Waals surface area contributed by atoms with Gasteiger partial charge in [0, 0.05) is 35.9 Å². The van der Waals surface area contributed by atoms with E-state index in [0.717, 1.165) is 6.42 Å². The Morgan fingerprint density at radius 3 is 2.82 bits per heavy atom. The zero-order chi connectivity index (χ0) is 12.8. The summed E-state index contributed by atoms with van der Waals surface area (Å²) in [6.45, 7) is 0.920. The fraction of sp³-hybridized carbons (Fsp3) is 0.800. The van der Waals surface area contributed by atoms with Gasteiger partial charge in [-0.1, -0.05) is 0 Å². The van der Waals surface area contributed by atoms with Crippen LogP contribution in [0.1, 0.15) is 19.3 Å². The van der Waals surface area contributed by atoms with E-state index in [2.05, 4.69) is 5.32 Å². The number of carboxylic acid groups (broad SMARTS) is 1. The molecular weight excluding hydrogens is 244 g/mol. The number of urea groups is 1. The number of hydrogen-bond donors (Lipinski definition) is 2. The van der Waals surface area contributed by atoms with Crippen molar-refractivity contribution >= 4 is 22.8 Å². The Kier molecular flexibility index (Phi) is 5.40.